The molecule has 6 heteroatoms. The Morgan fingerprint density at radius 1 is 1.15 bits per heavy atom. The van der Waals surface area contributed by atoms with Crippen molar-refractivity contribution in [2.45, 2.75) is 39.0 Å². The summed E-state index contributed by atoms with van der Waals surface area (Å²) in [5.41, 5.74) is 3.26. The molecule has 33 heavy (non-hydrogen) atoms. The predicted molar refractivity (Wildman–Crippen MR) is 128 cm³/mol. The number of benzene rings is 2. The van der Waals surface area contributed by atoms with Gasteiger partial charge in [0.1, 0.15) is 23.1 Å². The molecule has 0 amide bonds. The van der Waals surface area contributed by atoms with Crippen LogP contribution in [0.25, 0.3) is 0 Å². The number of hydrogen-bond acceptors (Lipinski definition) is 6. The van der Waals surface area contributed by atoms with E-state index in [-0.39, 0.29) is 11.9 Å². The summed E-state index contributed by atoms with van der Waals surface area (Å²) >= 11 is 0. The number of nitrogens with one attached hydrogen (secondary N) is 1. The van der Waals surface area contributed by atoms with Crippen molar-refractivity contribution in [2.24, 2.45) is 0 Å². The molecule has 0 fully saturated rings. The molecule has 3 aromatic rings. The Balaban J connectivity index is 1.38. The Bertz CT molecular complexity index is 1100. The largest absolute Gasteiger partial charge is 0.493 e. The monoisotopic (exact) mass is 446 g/mol. The first-order chi connectivity index (χ1) is 16.1. The van der Waals surface area contributed by atoms with E-state index in [0.717, 1.165) is 47.2 Å². The number of para-hydroxylation sites is 1. The highest BCUT2D eigenvalue weighted by atomic mass is 16.5. The van der Waals surface area contributed by atoms with Crippen LogP contribution in [0.5, 0.6) is 17.2 Å². The molecular weight excluding hydrogens is 416 g/mol. The molecule has 0 saturated carbocycles. The summed E-state index contributed by atoms with van der Waals surface area (Å²) < 4.78 is 17.4. The van der Waals surface area contributed by atoms with Crippen molar-refractivity contribution in [3.05, 3.63) is 77.5 Å². The van der Waals surface area contributed by atoms with Crippen molar-refractivity contribution < 1.29 is 19.0 Å². The molecule has 2 aromatic carbocycles. The highest BCUT2D eigenvalue weighted by Crippen LogP contribution is 2.42. The van der Waals surface area contributed by atoms with E-state index >= 15 is 0 Å². The Morgan fingerprint density at radius 3 is 2.88 bits per heavy atom. The van der Waals surface area contributed by atoms with Gasteiger partial charge in [0, 0.05) is 24.7 Å². The van der Waals surface area contributed by atoms with Crippen LogP contribution >= 0.6 is 0 Å². The third-order valence-electron chi connectivity index (χ3n) is 5.61. The number of carbonyl (C=O) groups excluding carboxylic acids is 1. The van der Waals surface area contributed by atoms with E-state index in [1.807, 2.05) is 68.4 Å². The highest BCUT2D eigenvalue weighted by Gasteiger charge is 2.26. The van der Waals surface area contributed by atoms with E-state index in [4.69, 9.17) is 14.2 Å². The van der Waals surface area contributed by atoms with Gasteiger partial charge in [0.25, 0.3) is 0 Å². The molecule has 0 spiro atoms. The van der Waals surface area contributed by atoms with Crippen LogP contribution in [0, 0.1) is 6.92 Å². The fourth-order valence-electron chi connectivity index (χ4n) is 4.01. The van der Waals surface area contributed by atoms with Crippen LogP contribution in [0.15, 0.2) is 60.8 Å². The van der Waals surface area contributed by atoms with Crippen molar-refractivity contribution in [1.82, 2.24) is 4.98 Å². The fourth-order valence-corrected chi connectivity index (χ4v) is 4.01. The summed E-state index contributed by atoms with van der Waals surface area (Å²) in [5.74, 6) is 3.02. The Kier molecular flexibility index (Phi) is 7.45. The maximum Gasteiger partial charge on any atom is 0.306 e. The molecule has 6 nitrogen and oxygen atoms in total. The summed E-state index contributed by atoms with van der Waals surface area (Å²) in [4.78, 5) is 16.5. The number of esters is 1. The molecule has 0 unspecified atom stereocenters. The molecule has 1 aliphatic heterocycles. The SMILES string of the molecule is CCOC(=O)C[C@@H]1Cc2ccc(OCCCNc3cc(C)ccn3)cc2Oc2ccccc21. The molecular formula is C27H30N2O4. The van der Waals surface area contributed by atoms with Gasteiger partial charge in [-0.25, -0.2) is 4.98 Å². The van der Waals surface area contributed by atoms with Gasteiger partial charge < -0.3 is 19.5 Å². The van der Waals surface area contributed by atoms with Crippen LogP contribution in [0.3, 0.4) is 0 Å². The van der Waals surface area contributed by atoms with Gasteiger partial charge in [-0.15, -0.1) is 0 Å². The highest BCUT2D eigenvalue weighted by molar-refractivity contribution is 5.71. The Labute approximate surface area is 194 Å². The number of rotatable bonds is 9. The summed E-state index contributed by atoms with van der Waals surface area (Å²) in [6, 6.07) is 17.8. The lowest BCUT2D eigenvalue weighted by atomic mass is 9.89. The van der Waals surface area contributed by atoms with Gasteiger partial charge in [0.15, 0.2) is 0 Å². The van der Waals surface area contributed by atoms with Crippen LogP contribution in [0.2, 0.25) is 0 Å². The molecule has 0 bridgehead atoms. The zero-order valence-corrected chi connectivity index (χ0v) is 19.2. The standard InChI is InChI=1S/C27H30N2O4/c1-3-31-27(30)17-21-16-20-9-10-22(18-25(20)33-24-8-5-4-7-23(21)24)32-14-6-12-28-26-15-19(2)11-13-29-26/h4-5,7-11,13,15,18,21H,3,6,12,14,16-17H2,1-2H3,(H,28,29)/t21-/m0/s1. The van der Waals surface area contributed by atoms with Crippen molar-refractivity contribution in [3.8, 4) is 17.2 Å². The Morgan fingerprint density at radius 2 is 2.03 bits per heavy atom. The number of nitrogens with zero attached hydrogens (tertiary/aromatic N) is 1. The number of carbonyl (C=O) groups is 1. The second kappa shape index (κ2) is 10.9. The third kappa shape index (κ3) is 6.04. The molecule has 1 N–H and O–H groups in total. The summed E-state index contributed by atoms with van der Waals surface area (Å²) in [7, 11) is 0. The van der Waals surface area contributed by atoms with Gasteiger partial charge in [0.05, 0.1) is 19.6 Å². The number of ether oxygens (including phenoxy) is 3. The van der Waals surface area contributed by atoms with Crippen LogP contribution < -0.4 is 14.8 Å². The number of anilines is 1. The van der Waals surface area contributed by atoms with Crippen molar-refractivity contribution in [2.75, 3.05) is 25.1 Å². The minimum atomic E-state index is -0.185. The van der Waals surface area contributed by atoms with Crippen molar-refractivity contribution in [1.29, 1.82) is 0 Å². The van der Waals surface area contributed by atoms with E-state index in [2.05, 4.69) is 10.3 Å². The topological polar surface area (TPSA) is 69.7 Å². The first-order valence-electron chi connectivity index (χ1n) is 11.5. The first-order valence-corrected chi connectivity index (χ1v) is 11.5. The zero-order chi connectivity index (χ0) is 23.0. The van der Waals surface area contributed by atoms with Crippen molar-refractivity contribution >= 4 is 11.8 Å². The van der Waals surface area contributed by atoms with Gasteiger partial charge in [-0.3, -0.25) is 4.79 Å². The maximum atomic E-state index is 12.2. The minimum absolute atomic E-state index is 0.00887. The van der Waals surface area contributed by atoms with Crippen LogP contribution in [0.1, 0.15) is 42.4 Å². The third-order valence-corrected chi connectivity index (χ3v) is 5.61. The van der Waals surface area contributed by atoms with E-state index in [1.54, 1.807) is 6.20 Å². The molecule has 1 aliphatic rings. The molecule has 4 rings (SSSR count). The number of pyridine rings is 1. The molecule has 172 valence electrons. The van der Waals surface area contributed by atoms with Crippen LogP contribution in [0.4, 0.5) is 5.82 Å². The van der Waals surface area contributed by atoms with E-state index in [0.29, 0.717) is 26.1 Å². The lowest BCUT2D eigenvalue weighted by Gasteiger charge is -2.15. The van der Waals surface area contributed by atoms with Crippen LogP contribution in [-0.2, 0) is 16.0 Å². The van der Waals surface area contributed by atoms with E-state index in [1.165, 1.54) is 5.56 Å². The second-order valence-electron chi connectivity index (χ2n) is 8.17. The maximum absolute atomic E-state index is 12.2. The van der Waals surface area contributed by atoms with Gasteiger partial charge in [-0.1, -0.05) is 24.3 Å². The Hall–Kier alpha value is -3.54. The molecule has 0 aliphatic carbocycles. The normalized spacial score (nSPS) is 14.3. The first kappa shape index (κ1) is 22.6. The lowest BCUT2D eigenvalue weighted by Crippen LogP contribution is -2.12. The van der Waals surface area contributed by atoms with Crippen molar-refractivity contribution in [3.63, 3.8) is 0 Å². The van der Waals surface area contributed by atoms with Gasteiger partial charge in [0.2, 0.25) is 0 Å². The molecule has 2 heterocycles. The predicted octanol–water partition coefficient (Wildman–Crippen LogP) is 5.66. The van der Waals surface area contributed by atoms with Gasteiger partial charge in [-0.2, -0.15) is 0 Å². The molecule has 1 aromatic heterocycles. The molecule has 0 radical (unpaired) electrons. The molecule has 0 saturated heterocycles. The fraction of sp³-hybridized carbons (Fsp3) is 0.333. The van der Waals surface area contributed by atoms with Gasteiger partial charge >= 0.3 is 5.97 Å². The number of aromatic nitrogens is 1. The average molecular weight is 447 g/mol. The smallest absolute Gasteiger partial charge is 0.306 e. The summed E-state index contributed by atoms with van der Waals surface area (Å²) in [6.07, 6.45) is 3.69. The minimum Gasteiger partial charge on any atom is -0.493 e. The zero-order valence-electron chi connectivity index (χ0n) is 19.2. The van der Waals surface area contributed by atoms with E-state index in [9.17, 15) is 4.79 Å². The van der Waals surface area contributed by atoms with E-state index < -0.39 is 0 Å². The lowest BCUT2D eigenvalue weighted by molar-refractivity contribution is -0.143. The number of fused-ring (bicyclic) bond motifs is 2. The van der Waals surface area contributed by atoms with Gasteiger partial charge in [-0.05, 0) is 67.6 Å². The quantitative estimate of drug-likeness (QED) is 0.338. The number of aryl methyl sites for hydroxylation is 1. The second-order valence-corrected chi connectivity index (χ2v) is 8.17. The molecule has 1 atom stereocenters. The average Bonchev–Trinajstić information content (AvgIpc) is 2.95. The summed E-state index contributed by atoms with van der Waals surface area (Å²) in [5, 5.41) is 3.32. The number of hydrogen-bond donors (Lipinski definition) is 1. The van der Waals surface area contributed by atoms with Crippen LogP contribution in [-0.4, -0.2) is 30.7 Å². The summed E-state index contributed by atoms with van der Waals surface area (Å²) in [6.45, 7) is 5.63.